The highest BCUT2D eigenvalue weighted by molar-refractivity contribution is 5.94. The molecule has 3 heteroatoms. The van der Waals surface area contributed by atoms with E-state index in [0.29, 0.717) is 5.56 Å². The Labute approximate surface area is 120 Å². The molecule has 1 fully saturated rings. The quantitative estimate of drug-likeness (QED) is 0.809. The van der Waals surface area contributed by atoms with Gasteiger partial charge in [0.2, 0.25) is 0 Å². The van der Waals surface area contributed by atoms with E-state index >= 15 is 0 Å². The number of hydrogen-bond acceptors (Lipinski definition) is 2. The summed E-state index contributed by atoms with van der Waals surface area (Å²) in [5.41, 5.74) is -0.382. The maximum Gasteiger partial charge on any atom is 0.251 e. The number of hydrogen-bond donors (Lipinski definition) is 2. The first kappa shape index (κ1) is 14.5. The lowest BCUT2D eigenvalue weighted by Gasteiger charge is -2.33. The van der Waals surface area contributed by atoms with Gasteiger partial charge in [-0.05, 0) is 25.0 Å². The predicted octanol–water partition coefficient (Wildman–Crippen LogP) is 2.55. The molecule has 0 unspecified atom stereocenters. The Kier molecular flexibility index (Phi) is 4.40. The third-order valence-corrected chi connectivity index (χ3v) is 4.21. The highest BCUT2D eigenvalue weighted by atomic mass is 16.3. The number of rotatable bonds is 5. The lowest BCUT2D eigenvalue weighted by Crippen LogP contribution is -2.49. The van der Waals surface area contributed by atoms with E-state index in [-0.39, 0.29) is 24.3 Å². The first-order chi connectivity index (χ1) is 9.61. The molecule has 0 saturated heterocycles. The van der Waals surface area contributed by atoms with Gasteiger partial charge in [0.1, 0.15) is 0 Å². The zero-order valence-corrected chi connectivity index (χ0v) is 11.6. The average Bonchev–Trinajstić information content (AvgIpc) is 2.82. The van der Waals surface area contributed by atoms with Crippen molar-refractivity contribution >= 4 is 5.91 Å². The van der Waals surface area contributed by atoms with E-state index < -0.39 is 5.60 Å². The summed E-state index contributed by atoms with van der Waals surface area (Å²) in [6.45, 7) is 7.79. The van der Waals surface area contributed by atoms with Crippen molar-refractivity contribution in [3.63, 3.8) is 0 Å². The number of amides is 1. The topological polar surface area (TPSA) is 49.3 Å². The van der Waals surface area contributed by atoms with Crippen molar-refractivity contribution in [1.82, 2.24) is 5.32 Å². The molecule has 1 aromatic carbocycles. The smallest absolute Gasteiger partial charge is 0.251 e. The molecule has 0 bridgehead atoms. The summed E-state index contributed by atoms with van der Waals surface area (Å²) in [6, 6.07) is 9.01. The molecule has 3 nitrogen and oxygen atoms in total. The molecule has 0 aliphatic heterocycles. The number of aliphatic hydroxyl groups is 1. The average molecular weight is 271 g/mol. The second-order valence-electron chi connectivity index (χ2n) is 5.30. The van der Waals surface area contributed by atoms with E-state index in [4.69, 9.17) is 0 Å². The van der Waals surface area contributed by atoms with Crippen molar-refractivity contribution < 1.29 is 9.90 Å². The second kappa shape index (κ2) is 6.06. The van der Waals surface area contributed by atoms with Crippen LogP contribution in [0.15, 0.2) is 55.6 Å². The number of nitrogens with one attached hydrogen (secondary N) is 1. The van der Waals surface area contributed by atoms with Gasteiger partial charge in [-0.1, -0.05) is 30.4 Å². The molecule has 1 amide bonds. The molecule has 1 aliphatic rings. The van der Waals surface area contributed by atoms with Crippen LogP contribution in [-0.2, 0) is 0 Å². The van der Waals surface area contributed by atoms with Crippen LogP contribution in [0.4, 0.5) is 0 Å². The van der Waals surface area contributed by atoms with Crippen LogP contribution in [0.2, 0.25) is 0 Å². The Morgan fingerprint density at radius 3 is 2.30 bits per heavy atom. The third-order valence-electron chi connectivity index (χ3n) is 4.21. The predicted molar refractivity (Wildman–Crippen MR) is 80.3 cm³/mol. The molecule has 2 rings (SSSR count). The van der Waals surface area contributed by atoms with Crippen LogP contribution in [0.25, 0.3) is 0 Å². The third kappa shape index (κ3) is 2.68. The maximum absolute atomic E-state index is 12.1. The minimum absolute atomic E-state index is 0.0124. The van der Waals surface area contributed by atoms with Gasteiger partial charge in [0, 0.05) is 23.9 Å². The second-order valence-corrected chi connectivity index (χ2v) is 5.30. The molecule has 1 saturated carbocycles. The van der Waals surface area contributed by atoms with Crippen LogP contribution in [-0.4, -0.2) is 23.2 Å². The summed E-state index contributed by atoms with van der Waals surface area (Å²) in [6.07, 6.45) is 5.30. The Hall–Kier alpha value is -1.87. The molecule has 0 aromatic heterocycles. The zero-order chi connectivity index (χ0) is 14.6. The number of carbonyl (C=O) groups excluding carboxylic acids is 1. The van der Waals surface area contributed by atoms with E-state index in [9.17, 15) is 9.90 Å². The molecule has 0 heterocycles. The summed E-state index contributed by atoms with van der Waals surface area (Å²) >= 11 is 0. The standard InChI is InChI=1S/C17H21NO2/c1-3-14-10-11-15(4-2)17(14,20)12-18-16(19)13-8-6-5-7-9-13/h3-9,14-15,20H,1-2,10-12H2,(H,18,19)/t14-,15-/m1/s1. The lowest BCUT2D eigenvalue weighted by molar-refractivity contribution is -0.00500. The van der Waals surface area contributed by atoms with Crippen LogP contribution in [0.3, 0.4) is 0 Å². The first-order valence-corrected chi connectivity index (χ1v) is 6.92. The largest absolute Gasteiger partial charge is 0.387 e. The Morgan fingerprint density at radius 1 is 1.25 bits per heavy atom. The van der Waals surface area contributed by atoms with Crippen molar-refractivity contribution in [3.8, 4) is 0 Å². The molecule has 106 valence electrons. The summed E-state index contributed by atoms with van der Waals surface area (Å²) in [7, 11) is 0. The molecule has 2 atom stereocenters. The highest BCUT2D eigenvalue weighted by Gasteiger charge is 2.46. The molecule has 20 heavy (non-hydrogen) atoms. The fraction of sp³-hybridized carbons (Fsp3) is 0.353. The van der Waals surface area contributed by atoms with Crippen molar-refractivity contribution in [2.45, 2.75) is 18.4 Å². The van der Waals surface area contributed by atoms with Crippen molar-refractivity contribution in [1.29, 1.82) is 0 Å². The molecule has 0 spiro atoms. The molecular formula is C17H21NO2. The van der Waals surface area contributed by atoms with Crippen LogP contribution in [0.1, 0.15) is 23.2 Å². The van der Waals surface area contributed by atoms with Gasteiger partial charge in [-0.2, -0.15) is 0 Å². The van der Waals surface area contributed by atoms with E-state index in [1.165, 1.54) is 0 Å². The van der Waals surface area contributed by atoms with E-state index in [1.54, 1.807) is 24.3 Å². The van der Waals surface area contributed by atoms with Crippen LogP contribution in [0.5, 0.6) is 0 Å². The van der Waals surface area contributed by atoms with Crippen molar-refractivity contribution in [3.05, 3.63) is 61.2 Å². The van der Waals surface area contributed by atoms with Gasteiger partial charge in [0.15, 0.2) is 0 Å². The van der Waals surface area contributed by atoms with Gasteiger partial charge in [-0.3, -0.25) is 4.79 Å². The summed E-state index contributed by atoms with van der Waals surface area (Å²) in [4.78, 5) is 12.1. The first-order valence-electron chi connectivity index (χ1n) is 6.92. The van der Waals surface area contributed by atoms with Gasteiger partial charge in [-0.15, -0.1) is 13.2 Å². The Balaban J connectivity index is 2.06. The Morgan fingerprint density at radius 2 is 1.80 bits per heavy atom. The maximum atomic E-state index is 12.1. The minimum Gasteiger partial charge on any atom is -0.387 e. The summed E-state index contributed by atoms with van der Waals surface area (Å²) in [5.74, 6) is -0.195. The Bertz CT molecular complexity index is 479. The SMILES string of the molecule is C=C[C@@H]1CC[C@@H](C=C)C1(O)CNC(=O)c1ccccc1. The van der Waals surface area contributed by atoms with Gasteiger partial charge >= 0.3 is 0 Å². The normalized spacial score (nSPS) is 24.1. The molecule has 0 radical (unpaired) electrons. The lowest BCUT2D eigenvalue weighted by atomic mass is 9.84. The molecule has 1 aliphatic carbocycles. The fourth-order valence-corrected chi connectivity index (χ4v) is 2.95. The van der Waals surface area contributed by atoms with Gasteiger partial charge in [0.25, 0.3) is 5.91 Å². The van der Waals surface area contributed by atoms with Crippen LogP contribution >= 0.6 is 0 Å². The highest BCUT2D eigenvalue weighted by Crippen LogP contribution is 2.41. The molecule has 1 aromatic rings. The molecule has 2 N–H and O–H groups in total. The van der Waals surface area contributed by atoms with Gasteiger partial charge < -0.3 is 10.4 Å². The summed E-state index contributed by atoms with van der Waals surface area (Å²) in [5, 5.41) is 13.7. The van der Waals surface area contributed by atoms with Gasteiger partial charge in [0.05, 0.1) is 5.60 Å². The fourth-order valence-electron chi connectivity index (χ4n) is 2.95. The number of benzene rings is 1. The van der Waals surface area contributed by atoms with E-state index in [0.717, 1.165) is 12.8 Å². The van der Waals surface area contributed by atoms with Crippen LogP contribution < -0.4 is 5.32 Å². The molecular weight excluding hydrogens is 250 g/mol. The van der Waals surface area contributed by atoms with E-state index in [1.807, 2.05) is 18.2 Å². The minimum atomic E-state index is -0.978. The van der Waals surface area contributed by atoms with E-state index in [2.05, 4.69) is 18.5 Å². The summed E-state index contributed by atoms with van der Waals surface area (Å²) < 4.78 is 0. The zero-order valence-electron chi connectivity index (χ0n) is 11.6. The van der Waals surface area contributed by atoms with Crippen molar-refractivity contribution in [2.24, 2.45) is 11.8 Å². The van der Waals surface area contributed by atoms with Gasteiger partial charge in [-0.25, -0.2) is 0 Å². The van der Waals surface area contributed by atoms with Crippen molar-refractivity contribution in [2.75, 3.05) is 6.54 Å². The number of carbonyl (C=O) groups is 1. The van der Waals surface area contributed by atoms with Crippen LogP contribution in [0, 0.1) is 11.8 Å². The monoisotopic (exact) mass is 271 g/mol.